The van der Waals surface area contributed by atoms with Crippen molar-refractivity contribution in [2.24, 2.45) is 5.73 Å². The number of amides is 2. The quantitative estimate of drug-likeness (QED) is 0.253. The molecule has 2 aromatic heterocycles. The van der Waals surface area contributed by atoms with E-state index < -0.39 is 23.4 Å². The van der Waals surface area contributed by atoms with Gasteiger partial charge in [0.2, 0.25) is 5.82 Å². The van der Waals surface area contributed by atoms with Crippen LogP contribution in [0, 0.1) is 0 Å². The van der Waals surface area contributed by atoms with Crippen molar-refractivity contribution in [1.82, 2.24) is 15.3 Å². The summed E-state index contributed by atoms with van der Waals surface area (Å²) in [7, 11) is 0. The van der Waals surface area contributed by atoms with Crippen LogP contribution in [0.1, 0.15) is 44.5 Å². The van der Waals surface area contributed by atoms with Gasteiger partial charge in [0.1, 0.15) is 10.6 Å². The van der Waals surface area contributed by atoms with Gasteiger partial charge in [-0.15, -0.1) is 11.3 Å². The Labute approximate surface area is 226 Å². The Morgan fingerprint density at radius 2 is 1.95 bits per heavy atom. The van der Waals surface area contributed by atoms with Crippen molar-refractivity contribution in [3.05, 3.63) is 86.3 Å². The summed E-state index contributed by atoms with van der Waals surface area (Å²) in [5.41, 5.74) is 7.79. The Morgan fingerprint density at radius 1 is 1.15 bits per heavy atom. The molecule has 2 amide bonds. The molecule has 1 atom stereocenters. The number of fused-ring (bicyclic) bond motifs is 4. The summed E-state index contributed by atoms with van der Waals surface area (Å²) in [6, 6.07) is 15.1. The molecule has 0 saturated carbocycles. The molecular weight excluding hydrogens is 522 g/mol. The van der Waals surface area contributed by atoms with Crippen molar-refractivity contribution in [3.8, 4) is 5.75 Å². The van der Waals surface area contributed by atoms with Crippen LogP contribution in [0.25, 0.3) is 10.2 Å². The van der Waals surface area contributed by atoms with E-state index in [0.717, 1.165) is 10.4 Å². The summed E-state index contributed by atoms with van der Waals surface area (Å²) in [6.07, 6.45) is 1.03. The Balaban J connectivity index is 0.000000332. The third-order valence-electron chi connectivity index (χ3n) is 6.41. The zero-order chi connectivity index (χ0) is 27.5. The van der Waals surface area contributed by atoms with E-state index >= 15 is 0 Å². The van der Waals surface area contributed by atoms with E-state index in [0.29, 0.717) is 41.2 Å². The van der Waals surface area contributed by atoms with Crippen LogP contribution in [0.15, 0.2) is 53.3 Å². The van der Waals surface area contributed by atoms with E-state index in [2.05, 4.69) is 20.6 Å². The molecule has 0 fully saturated rings. The molecule has 6 rings (SSSR count). The highest BCUT2D eigenvalue weighted by molar-refractivity contribution is 7.18. The van der Waals surface area contributed by atoms with Crippen LogP contribution in [0.3, 0.4) is 0 Å². The van der Waals surface area contributed by atoms with E-state index in [1.54, 1.807) is 18.2 Å². The number of rotatable bonds is 5. The number of thiophene rings is 1. The Hall–Kier alpha value is -4.55. The summed E-state index contributed by atoms with van der Waals surface area (Å²) in [5, 5.41) is 15.1. The molecule has 3 heterocycles. The third kappa shape index (κ3) is 5.52. The minimum atomic E-state index is -0.966. The minimum Gasteiger partial charge on any atom is -0.482 e. The number of nitrogens with two attached hydrogens (primary N) is 1. The number of aliphatic carboxylic acids is 1. The fraction of sp³-hybridized carbons (Fsp3) is 0.222. The molecule has 1 aliphatic heterocycles. The number of aromatic amines is 1. The number of anilines is 1. The van der Waals surface area contributed by atoms with Crippen molar-refractivity contribution < 1.29 is 24.2 Å². The third-order valence-corrected chi connectivity index (χ3v) is 7.57. The van der Waals surface area contributed by atoms with Crippen LogP contribution < -0.4 is 26.7 Å². The van der Waals surface area contributed by atoms with Crippen LogP contribution in [0.2, 0.25) is 0 Å². The number of carbonyl (C=O) groups excluding carboxylic acids is 2. The van der Waals surface area contributed by atoms with Crippen molar-refractivity contribution in [2.75, 3.05) is 11.9 Å². The highest BCUT2D eigenvalue weighted by atomic mass is 32.1. The number of hydrogen-bond acceptors (Lipinski definition) is 8. The number of ether oxygens (including phenoxy) is 1. The number of nitrogens with one attached hydrogen (secondary N) is 3. The maximum absolute atomic E-state index is 12.6. The molecule has 0 saturated heterocycles. The number of nitrogens with zero attached hydrogens (tertiary/aromatic N) is 1. The minimum absolute atomic E-state index is 0.0377. The highest BCUT2D eigenvalue weighted by Gasteiger charge is 2.34. The van der Waals surface area contributed by atoms with Crippen molar-refractivity contribution in [2.45, 2.75) is 31.8 Å². The SMILES string of the molecule is NCc1ccccc1.O=C1COc2ccc(CNC(=O)c3nc4sc5c(c4c(=O)[nH]3)C(C(=O)O)CC5)cc2N1. The van der Waals surface area contributed by atoms with Gasteiger partial charge in [-0.3, -0.25) is 19.2 Å². The fourth-order valence-electron chi connectivity index (χ4n) is 4.52. The van der Waals surface area contributed by atoms with Gasteiger partial charge in [0.05, 0.1) is 17.0 Å². The normalized spacial score (nSPS) is 15.3. The number of benzene rings is 2. The van der Waals surface area contributed by atoms with Crippen LogP contribution in [0.5, 0.6) is 5.75 Å². The van der Waals surface area contributed by atoms with E-state index in [9.17, 15) is 24.3 Å². The van der Waals surface area contributed by atoms with Gasteiger partial charge in [0.15, 0.2) is 6.61 Å². The van der Waals surface area contributed by atoms with Gasteiger partial charge in [-0.2, -0.15) is 0 Å². The molecule has 4 aromatic rings. The van der Waals surface area contributed by atoms with Crippen molar-refractivity contribution >= 4 is 45.0 Å². The number of H-pyrrole nitrogens is 1. The Morgan fingerprint density at radius 3 is 2.67 bits per heavy atom. The summed E-state index contributed by atoms with van der Waals surface area (Å²) in [6.45, 7) is 0.747. The van der Waals surface area contributed by atoms with Gasteiger partial charge < -0.3 is 31.2 Å². The number of aryl methyl sites for hydroxylation is 1. The van der Waals surface area contributed by atoms with E-state index in [1.807, 2.05) is 30.3 Å². The molecule has 39 heavy (non-hydrogen) atoms. The number of carbonyl (C=O) groups is 3. The average molecular weight is 548 g/mol. The first-order valence-electron chi connectivity index (χ1n) is 12.2. The lowest BCUT2D eigenvalue weighted by molar-refractivity contribution is -0.138. The molecule has 0 spiro atoms. The average Bonchev–Trinajstić information content (AvgIpc) is 3.51. The second-order valence-corrected chi connectivity index (χ2v) is 10.1. The second-order valence-electron chi connectivity index (χ2n) is 9.00. The predicted molar refractivity (Wildman–Crippen MR) is 145 cm³/mol. The van der Waals surface area contributed by atoms with Crippen molar-refractivity contribution in [1.29, 1.82) is 0 Å². The van der Waals surface area contributed by atoms with Crippen LogP contribution in [0.4, 0.5) is 5.69 Å². The first kappa shape index (κ1) is 26.1. The van der Waals surface area contributed by atoms with E-state index in [1.165, 1.54) is 16.9 Å². The Kier molecular flexibility index (Phi) is 7.39. The molecule has 2 aromatic carbocycles. The van der Waals surface area contributed by atoms with Gasteiger partial charge in [0, 0.05) is 18.0 Å². The molecular formula is C27H25N5O6S. The van der Waals surface area contributed by atoms with Crippen LogP contribution >= 0.6 is 11.3 Å². The highest BCUT2D eigenvalue weighted by Crippen LogP contribution is 2.42. The molecule has 1 aliphatic carbocycles. The summed E-state index contributed by atoms with van der Waals surface area (Å²) in [4.78, 5) is 56.1. The van der Waals surface area contributed by atoms with Gasteiger partial charge in [-0.05, 0) is 41.7 Å². The maximum atomic E-state index is 12.6. The van der Waals surface area contributed by atoms with E-state index in [-0.39, 0.29) is 30.3 Å². The smallest absolute Gasteiger partial charge is 0.311 e. The largest absolute Gasteiger partial charge is 0.482 e. The monoisotopic (exact) mass is 547 g/mol. The lowest BCUT2D eigenvalue weighted by Crippen LogP contribution is -2.28. The summed E-state index contributed by atoms with van der Waals surface area (Å²) in [5.74, 6) is -2.10. The number of hydrogen-bond donors (Lipinski definition) is 5. The molecule has 12 heteroatoms. The summed E-state index contributed by atoms with van der Waals surface area (Å²) < 4.78 is 5.30. The lowest BCUT2D eigenvalue weighted by Gasteiger charge is -2.18. The summed E-state index contributed by atoms with van der Waals surface area (Å²) >= 11 is 1.25. The van der Waals surface area contributed by atoms with Gasteiger partial charge in [0.25, 0.3) is 17.4 Å². The standard InChI is InChI=1S/C20H16N4O6S.C7H9N/c25-13-7-30-11-3-1-8(5-10(11)22-13)6-21-18(27)16-23-17(26)15-14-9(20(28)29)2-4-12(14)31-19(15)24-16;8-6-7-4-2-1-3-5-7/h1,3,5,9H,2,4,6-7H2,(H,21,27)(H,22,25)(H,28,29)(H,23,24,26);1-5H,6,8H2. The molecule has 200 valence electrons. The fourth-order valence-corrected chi connectivity index (χ4v) is 5.77. The van der Waals surface area contributed by atoms with Gasteiger partial charge in [-0.1, -0.05) is 36.4 Å². The first-order valence-corrected chi connectivity index (χ1v) is 13.0. The van der Waals surface area contributed by atoms with E-state index in [4.69, 9.17) is 10.5 Å². The predicted octanol–water partition coefficient (Wildman–Crippen LogP) is 2.51. The topological polar surface area (TPSA) is 176 Å². The van der Waals surface area contributed by atoms with Crippen LogP contribution in [-0.2, 0) is 29.1 Å². The maximum Gasteiger partial charge on any atom is 0.311 e. The van der Waals surface area contributed by atoms with Crippen molar-refractivity contribution in [3.63, 3.8) is 0 Å². The lowest BCUT2D eigenvalue weighted by atomic mass is 10.0. The van der Waals surface area contributed by atoms with Crippen LogP contribution in [-0.4, -0.2) is 39.5 Å². The molecule has 0 radical (unpaired) electrons. The zero-order valence-corrected chi connectivity index (χ0v) is 21.5. The molecule has 6 N–H and O–H groups in total. The Bertz CT molecular complexity index is 1630. The molecule has 1 unspecified atom stereocenters. The first-order chi connectivity index (χ1) is 18.8. The number of carboxylic acid groups (broad SMARTS) is 1. The molecule has 11 nitrogen and oxygen atoms in total. The second kappa shape index (κ2) is 11.1. The number of carboxylic acids is 1. The number of aromatic nitrogens is 2. The zero-order valence-electron chi connectivity index (χ0n) is 20.7. The van der Waals surface area contributed by atoms with Gasteiger partial charge >= 0.3 is 5.97 Å². The molecule has 0 bridgehead atoms. The van der Waals surface area contributed by atoms with Gasteiger partial charge in [-0.25, -0.2) is 4.98 Å². The molecule has 2 aliphatic rings.